The fourth-order valence-corrected chi connectivity index (χ4v) is 3.61. The number of likely N-dealkylation sites (N-methyl/N-ethyl adjacent to an activating group) is 1. The highest BCUT2D eigenvalue weighted by molar-refractivity contribution is 7.09. The predicted molar refractivity (Wildman–Crippen MR) is 93.9 cm³/mol. The Labute approximate surface area is 145 Å². The highest BCUT2D eigenvalue weighted by atomic mass is 32.1. The summed E-state index contributed by atoms with van der Waals surface area (Å²) in [4.78, 5) is 21.0. The zero-order valence-electron chi connectivity index (χ0n) is 14.1. The van der Waals surface area contributed by atoms with Gasteiger partial charge in [-0.1, -0.05) is 0 Å². The number of amides is 1. The lowest BCUT2D eigenvalue weighted by molar-refractivity contribution is -0.121. The van der Waals surface area contributed by atoms with Crippen LogP contribution in [-0.2, 0) is 11.3 Å². The topological polar surface area (TPSA) is 54.9 Å². The lowest BCUT2D eigenvalue weighted by Crippen LogP contribution is -2.39. The number of carbonyl (C=O) groups is 1. The summed E-state index contributed by atoms with van der Waals surface area (Å²) in [6.07, 6.45) is 2.58. The van der Waals surface area contributed by atoms with Gasteiger partial charge in [0, 0.05) is 36.3 Å². The van der Waals surface area contributed by atoms with E-state index in [1.807, 2.05) is 24.6 Å². The Morgan fingerprint density at radius 3 is 2.58 bits per heavy atom. The number of aromatic nitrogens is 1. The molecule has 0 radical (unpaired) electrons. The van der Waals surface area contributed by atoms with Crippen molar-refractivity contribution >= 4 is 22.9 Å². The Kier molecular flexibility index (Phi) is 5.01. The van der Waals surface area contributed by atoms with Gasteiger partial charge in [-0.25, -0.2) is 4.98 Å². The Morgan fingerprint density at radius 2 is 2.00 bits per heavy atom. The molecule has 7 heteroatoms. The number of ether oxygens (including phenoxy) is 2. The highest BCUT2D eigenvalue weighted by Gasteiger charge is 2.35. The largest absolute Gasteiger partial charge is 0.497 e. The van der Waals surface area contributed by atoms with Gasteiger partial charge in [0.05, 0.1) is 32.5 Å². The molecule has 1 saturated heterocycles. The van der Waals surface area contributed by atoms with E-state index in [1.54, 1.807) is 42.7 Å². The Bertz CT molecular complexity index is 683. The number of carbonyl (C=O) groups excluding carboxylic acids is 1. The van der Waals surface area contributed by atoms with E-state index in [1.165, 1.54) is 0 Å². The summed E-state index contributed by atoms with van der Waals surface area (Å²) in [6.45, 7) is 1.37. The first kappa shape index (κ1) is 16.7. The number of rotatable bonds is 6. The molecule has 2 heterocycles. The molecule has 1 atom stereocenters. The van der Waals surface area contributed by atoms with Crippen LogP contribution in [-0.4, -0.2) is 49.6 Å². The van der Waals surface area contributed by atoms with Gasteiger partial charge >= 0.3 is 0 Å². The second kappa shape index (κ2) is 7.19. The smallest absolute Gasteiger partial charge is 0.244 e. The Balaban J connectivity index is 1.76. The van der Waals surface area contributed by atoms with E-state index >= 15 is 0 Å². The van der Waals surface area contributed by atoms with Crippen molar-refractivity contribution in [2.24, 2.45) is 0 Å². The SMILES string of the molecule is COc1cc(OC)cc(N2CC[C@H](N(C)Cc3nccs3)C2=O)c1. The van der Waals surface area contributed by atoms with Gasteiger partial charge < -0.3 is 14.4 Å². The van der Waals surface area contributed by atoms with Gasteiger partial charge in [0.25, 0.3) is 0 Å². The molecule has 0 bridgehead atoms. The van der Waals surface area contributed by atoms with Crippen molar-refractivity contribution in [3.8, 4) is 11.5 Å². The molecule has 1 aliphatic heterocycles. The zero-order chi connectivity index (χ0) is 17.1. The van der Waals surface area contributed by atoms with Gasteiger partial charge in [0.15, 0.2) is 0 Å². The quantitative estimate of drug-likeness (QED) is 0.803. The van der Waals surface area contributed by atoms with Crippen LogP contribution in [0.3, 0.4) is 0 Å². The summed E-state index contributed by atoms with van der Waals surface area (Å²) in [6, 6.07) is 5.40. The molecule has 0 saturated carbocycles. The minimum absolute atomic E-state index is 0.101. The van der Waals surface area contributed by atoms with E-state index in [0.717, 1.165) is 17.1 Å². The molecule has 0 N–H and O–H groups in total. The molecule has 1 fully saturated rings. The third-order valence-corrected chi connectivity index (χ3v) is 4.99. The van der Waals surface area contributed by atoms with Gasteiger partial charge in [-0.05, 0) is 13.5 Å². The maximum absolute atomic E-state index is 12.9. The fourth-order valence-electron chi connectivity index (χ4n) is 2.93. The van der Waals surface area contributed by atoms with Gasteiger partial charge in [-0.3, -0.25) is 9.69 Å². The molecule has 1 aliphatic rings. The molecule has 2 aromatic rings. The molecule has 24 heavy (non-hydrogen) atoms. The molecule has 1 aromatic carbocycles. The van der Waals surface area contributed by atoms with Crippen molar-refractivity contribution in [1.29, 1.82) is 0 Å². The number of thiazole rings is 1. The zero-order valence-corrected chi connectivity index (χ0v) is 14.9. The standard InChI is InChI=1S/C17H21N3O3S/c1-19(11-16-18-5-7-24-16)15-4-6-20(17(15)21)12-8-13(22-2)10-14(9-12)23-3/h5,7-10,15H,4,6,11H2,1-3H3/t15-/m0/s1. The van der Waals surface area contributed by atoms with Crippen molar-refractivity contribution in [3.05, 3.63) is 34.8 Å². The summed E-state index contributed by atoms with van der Waals surface area (Å²) in [5, 5.41) is 2.97. The van der Waals surface area contributed by atoms with Crippen LogP contribution in [0.25, 0.3) is 0 Å². The number of hydrogen-bond acceptors (Lipinski definition) is 6. The normalized spacial score (nSPS) is 17.6. The third kappa shape index (κ3) is 3.37. The molecular formula is C17H21N3O3S. The molecule has 0 aliphatic carbocycles. The van der Waals surface area contributed by atoms with Crippen LogP contribution in [0.4, 0.5) is 5.69 Å². The average molecular weight is 347 g/mol. The van der Waals surface area contributed by atoms with Crippen LogP contribution in [0.2, 0.25) is 0 Å². The van der Waals surface area contributed by atoms with Crippen LogP contribution in [0, 0.1) is 0 Å². The molecule has 3 rings (SSSR count). The second-order valence-corrected chi connectivity index (χ2v) is 6.69. The van der Waals surface area contributed by atoms with Crippen LogP contribution in [0.5, 0.6) is 11.5 Å². The number of nitrogens with zero attached hydrogens (tertiary/aromatic N) is 3. The van der Waals surface area contributed by atoms with E-state index in [2.05, 4.69) is 9.88 Å². The van der Waals surface area contributed by atoms with E-state index < -0.39 is 0 Å². The second-order valence-electron chi connectivity index (χ2n) is 5.71. The van der Waals surface area contributed by atoms with E-state index in [9.17, 15) is 4.79 Å². The molecule has 6 nitrogen and oxygen atoms in total. The first-order valence-electron chi connectivity index (χ1n) is 7.75. The highest BCUT2D eigenvalue weighted by Crippen LogP contribution is 2.32. The van der Waals surface area contributed by atoms with Gasteiger partial charge in [-0.2, -0.15) is 0 Å². The van der Waals surface area contributed by atoms with Crippen LogP contribution < -0.4 is 14.4 Å². The third-order valence-electron chi connectivity index (χ3n) is 4.23. The minimum atomic E-state index is -0.133. The molecule has 128 valence electrons. The fraction of sp³-hybridized carbons (Fsp3) is 0.412. The Morgan fingerprint density at radius 1 is 1.29 bits per heavy atom. The molecule has 1 aromatic heterocycles. The van der Waals surface area contributed by atoms with Crippen molar-refractivity contribution < 1.29 is 14.3 Å². The predicted octanol–water partition coefficient (Wildman–Crippen LogP) is 2.40. The first-order chi connectivity index (χ1) is 11.6. The minimum Gasteiger partial charge on any atom is -0.497 e. The van der Waals surface area contributed by atoms with Crippen molar-refractivity contribution in [3.63, 3.8) is 0 Å². The summed E-state index contributed by atoms with van der Waals surface area (Å²) in [5.41, 5.74) is 0.807. The molecular weight excluding hydrogens is 326 g/mol. The van der Waals surface area contributed by atoms with Crippen molar-refractivity contribution in [2.75, 3.05) is 32.7 Å². The number of hydrogen-bond donors (Lipinski definition) is 0. The van der Waals surface area contributed by atoms with E-state index in [4.69, 9.17) is 9.47 Å². The molecule has 0 unspecified atom stereocenters. The first-order valence-corrected chi connectivity index (χ1v) is 8.63. The number of methoxy groups -OCH3 is 2. The molecule has 1 amide bonds. The number of benzene rings is 1. The lowest BCUT2D eigenvalue weighted by atomic mass is 10.2. The summed E-state index contributed by atoms with van der Waals surface area (Å²) in [5.74, 6) is 1.46. The van der Waals surface area contributed by atoms with Crippen molar-refractivity contribution in [2.45, 2.75) is 19.0 Å². The summed E-state index contributed by atoms with van der Waals surface area (Å²) < 4.78 is 10.6. The summed E-state index contributed by atoms with van der Waals surface area (Å²) in [7, 11) is 5.18. The van der Waals surface area contributed by atoms with Gasteiger partial charge in [0.2, 0.25) is 5.91 Å². The average Bonchev–Trinajstić information content (AvgIpc) is 3.23. The van der Waals surface area contributed by atoms with Gasteiger partial charge in [-0.15, -0.1) is 11.3 Å². The van der Waals surface area contributed by atoms with E-state index in [-0.39, 0.29) is 11.9 Å². The Hall–Kier alpha value is -2.12. The summed E-state index contributed by atoms with van der Waals surface area (Å²) >= 11 is 1.61. The van der Waals surface area contributed by atoms with Crippen LogP contribution >= 0.6 is 11.3 Å². The number of anilines is 1. The lowest BCUT2D eigenvalue weighted by Gasteiger charge is -2.23. The van der Waals surface area contributed by atoms with Crippen LogP contribution in [0.1, 0.15) is 11.4 Å². The van der Waals surface area contributed by atoms with E-state index in [0.29, 0.717) is 24.6 Å². The van der Waals surface area contributed by atoms with Gasteiger partial charge in [0.1, 0.15) is 16.5 Å². The van der Waals surface area contributed by atoms with Crippen LogP contribution in [0.15, 0.2) is 29.8 Å². The monoisotopic (exact) mass is 347 g/mol. The molecule has 0 spiro atoms. The maximum atomic E-state index is 12.9. The maximum Gasteiger partial charge on any atom is 0.244 e. The van der Waals surface area contributed by atoms with Crippen molar-refractivity contribution in [1.82, 2.24) is 9.88 Å².